The Bertz CT molecular complexity index is 574. The Morgan fingerprint density at radius 3 is 2.89 bits per heavy atom. The number of nitrogens with zero attached hydrogens (tertiary/aromatic N) is 3. The molecule has 0 aliphatic rings. The maximum absolute atomic E-state index is 11.9. The van der Waals surface area contributed by atoms with Crippen LogP contribution in [-0.2, 0) is 6.54 Å². The van der Waals surface area contributed by atoms with Gasteiger partial charge in [-0.2, -0.15) is 0 Å². The van der Waals surface area contributed by atoms with Crippen LogP contribution < -0.4 is 5.32 Å². The van der Waals surface area contributed by atoms with Crippen LogP contribution in [0.15, 0.2) is 35.2 Å². The van der Waals surface area contributed by atoms with E-state index in [1.165, 1.54) is 0 Å². The molecule has 5 nitrogen and oxygen atoms in total. The largest absolute Gasteiger partial charge is 0.346 e. The van der Waals surface area contributed by atoms with Gasteiger partial charge in [0.15, 0.2) is 0 Å². The highest BCUT2D eigenvalue weighted by Gasteiger charge is 2.09. The van der Waals surface area contributed by atoms with Crippen LogP contribution in [0, 0.1) is 6.92 Å². The van der Waals surface area contributed by atoms with Gasteiger partial charge in [0.2, 0.25) is 0 Å². The van der Waals surface area contributed by atoms with Crippen molar-refractivity contribution in [1.29, 1.82) is 0 Å². The third-order valence-corrected chi connectivity index (χ3v) is 2.90. The fraction of sp³-hybridized carbons (Fsp3) is 0.167. The van der Waals surface area contributed by atoms with E-state index in [-0.39, 0.29) is 5.91 Å². The molecule has 0 bridgehead atoms. The zero-order chi connectivity index (χ0) is 13.0. The van der Waals surface area contributed by atoms with Crippen molar-refractivity contribution in [3.63, 3.8) is 0 Å². The molecule has 0 saturated carbocycles. The Balaban J connectivity index is 2.03. The standard InChI is InChI=1S/C12H11BrN4O/c1-8-14-6-4-9(17-8)7-16-12(18)10-3-2-5-15-11(10)13/h2-6H,7H2,1H3,(H,16,18). The summed E-state index contributed by atoms with van der Waals surface area (Å²) in [6.07, 6.45) is 3.29. The van der Waals surface area contributed by atoms with Crippen molar-refractivity contribution < 1.29 is 4.79 Å². The van der Waals surface area contributed by atoms with Crippen molar-refractivity contribution in [2.24, 2.45) is 0 Å². The molecular weight excluding hydrogens is 296 g/mol. The molecule has 1 amide bonds. The Labute approximate surface area is 113 Å². The molecule has 2 aromatic rings. The van der Waals surface area contributed by atoms with E-state index in [1.54, 1.807) is 30.6 Å². The molecule has 0 saturated heterocycles. The van der Waals surface area contributed by atoms with Gasteiger partial charge >= 0.3 is 0 Å². The number of carbonyl (C=O) groups is 1. The molecule has 0 radical (unpaired) electrons. The number of pyridine rings is 1. The zero-order valence-electron chi connectivity index (χ0n) is 9.72. The maximum atomic E-state index is 11.9. The first kappa shape index (κ1) is 12.6. The molecule has 92 valence electrons. The average molecular weight is 307 g/mol. The van der Waals surface area contributed by atoms with Crippen molar-refractivity contribution in [3.05, 3.63) is 52.3 Å². The van der Waals surface area contributed by atoms with Crippen LogP contribution in [0.5, 0.6) is 0 Å². The summed E-state index contributed by atoms with van der Waals surface area (Å²) in [5, 5.41) is 2.78. The van der Waals surface area contributed by atoms with E-state index >= 15 is 0 Å². The number of nitrogens with one attached hydrogen (secondary N) is 1. The molecule has 2 rings (SSSR count). The van der Waals surface area contributed by atoms with E-state index in [0.717, 1.165) is 5.69 Å². The molecule has 0 aliphatic carbocycles. The fourth-order valence-electron chi connectivity index (χ4n) is 1.43. The highest BCUT2D eigenvalue weighted by atomic mass is 79.9. The molecule has 0 atom stereocenters. The zero-order valence-corrected chi connectivity index (χ0v) is 11.3. The summed E-state index contributed by atoms with van der Waals surface area (Å²) in [4.78, 5) is 24.1. The smallest absolute Gasteiger partial charge is 0.254 e. The molecule has 2 heterocycles. The lowest BCUT2D eigenvalue weighted by molar-refractivity contribution is 0.0949. The van der Waals surface area contributed by atoms with Crippen molar-refractivity contribution in [3.8, 4) is 0 Å². The summed E-state index contributed by atoms with van der Waals surface area (Å²) in [6, 6.07) is 5.19. The Morgan fingerprint density at radius 2 is 2.17 bits per heavy atom. The second-order valence-corrected chi connectivity index (χ2v) is 4.37. The van der Waals surface area contributed by atoms with Crippen molar-refractivity contribution in [1.82, 2.24) is 20.3 Å². The number of hydrogen-bond acceptors (Lipinski definition) is 4. The van der Waals surface area contributed by atoms with Crippen LogP contribution in [-0.4, -0.2) is 20.9 Å². The average Bonchev–Trinajstić information content (AvgIpc) is 2.37. The Kier molecular flexibility index (Phi) is 3.99. The van der Waals surface area contributed by atoms with Gasteiger partial charge in [-0.1, -0.05) is 0 Å². The summed E-state index contributed by atoms with van der Waals surface area (Å²) in [6.45, 7) is 2.17. The van der Waals surface area contributed by atoms with Gasteiger partial charge in [0.1, 0.15) is 10.4 Å². The highest BCUT2D eigenvalue weighted by molar-refractivity contribution is 9.10. The van der Waals surface area contributed by atoms with E-state index in [2.05, 4.69) is 36.2 Å². The molecule has 0 aromatic carbocycles. The highest BCUT2D eigenvalue weighted by Crippen LogP contribution is 2.12. The molecule has 0 fully saturated rings. The number of amides is 1. The monoisotopic (exact) mass is 306 g/mol. The lowest BCUT2D eigenvalue weighted by Gasteiger charge is -2.06. The van der Waals surface area contributed by atoms with E-state index in [4.69, 9.17) is 0 Å². The van der Waals surface area contributed by atoms with Crippen LogP contribution in [0.2, 0.25) is 0 Å². The first-order chi connectivity index (χ1) is 8.66. The molecule has 0 aliphatic heterocycles. The normalized spacial score (nSPS) is 10.1. The molecule has 1 N–H and O–H groups in total. The second-order valence-electron chi connectivity index (χ2n) is 3.62. The van der Waals surface area contributed by atoms with E-state index < -0.39 is 0 Å². The van der Waals surface area contributed by atoms with Gasteiger partial charge in [0.25, 0.3) is 5.91 Å². The topological polar surface area (TPSA) is 67.8 Å². The summed E-state index contributed by atoms with van der Waals surface area (Å²) in [7, 11) is 0. The quantitative estimate of drug-likeness (QED) is 0.879. The van der Waals surface area contributed by atoms with Crippen LogP contribution >= 0.6 is 15.9 Å². The third kappa shape index (κ3) is 3.10. The van der Waals surface area contributed by atoms with Gasteiger partial charge in [-0.25, -0.2) is 15.0 Å². The minimum absolute atomic E-state index is 0.189. The minimum atomic E-state index is -0.189. The van der Waals surface area contributed by atoms with Gasteiger partial charge < -0.3 is 5.32 Å². The first-order valence-electron chi connectivity index (χ1n) is 5.34. The number of halogens is 1. The number of rotatable bonds is 3. The second kappa shape index (κ2) is 5.68. The summed E-state index contributed by atoms with van der Waals surface area (Å²) >= 11 is 3.24. The van der Waals surface area contributed by atoms with Crippen LogP contribution in [0.25, 0.3) is 0 Å². The molecule has 6 heteroatoms. The van der Waals surface area contributed by atoms with Crippen molar-refractivity contribution in [2.45, 2.75) is 13.5 Å². The Hall–Kier alpha value is -1.82. The van der Waals surface area contributed by atoms with Gasteiger partial charge in [0, 0.05) is 12.4 Å². The number of aromatic nitrogens is 3. The van der Waals surface area contributed by atoms with Crippen LogP contribution in [0.4, 0.5) is 0 Å². The number of hydrogen-bond donors (Lipinski definition) is 1. The SMILES string of the molecule is Cc1nccc(CNC(=O)c2cccnc2Br)n1. The van der Waals surface area contributed by atoms with Gasteiger partial charge in [-0.05, 0) is 41.1 Å². The van der Waals surface area contributed by atoms with Gasteiger partial charge in [-0.15, -0.1) is 0 Å². The fourth-order valence-corrected chi connectivity index (χ4v) is 1.86. The molecule has 18 heavy (non-hydrogen) atoms. The molecule has 2 aromatic heterocycles. The van der Waals surface area contributed by atoms with E-state index in [9.17, 15) is 4.79 Å². The van der Waals surface area contributed by atoms with Gasteiger partial charge in [-0.3, -0.25) is 4.79 Å². The van der Waals surface area contributed by atoms with Gasteiger partial charge in [0.05, 0.1) is 17.8 Å². The van der Waals surface area contributed by atoms with Crippen molar-refractivity contribution in [2.75, 3.05) is 0 Å². The van der Waals surface area contributed by atoms with Crippen LogP contribution in [0.3, 0.4) is 0 Å². The molecule has 0 unspecified atom stereocenters. The summed E-state index contributed by atoms with van der Waals surface area (Å²) in [5.41, 5.74) is 1.28. The maximum Gasteiger partial charge on any atom is 0.254 e. The van der Waals surface area contributed by atoms with E-state index in [1.807, 2.05) is 6.92 Å². The molecular formula is C12H11BrN4O. The predicted octanol–water partition coefficient (Wildman–Crippen LogP) is 1.87. The van der Waals surface area contributed by atoms with E-state index in [0.29, 0.717) is 22.5 Å². The third-order valence-electron chi connectivity index (χ3n) is 2.27. The lowest BCUT2D eigenvalue weighted by Crippen LogP contribution is -2.24. The summed E-state index contributed by atoms with van der Waals surface area (Å²) < 4.78 is 0.529. The first-order valence-corrected chi connectivity index (χ1v) is 6.13. The number of carbonyl (C=O) groups excluding carboxylic acids is 1. The Morgan fingerprint density at radius 1 is 1.33 bits per heavy atom. The molecule has 0 spiro atoms. The predicted molar refractivity (Wildman–Crippen MR) is 69.9 cm³/mol. The van der Waals surface area contributed by atoms with Crippen molar-refractivity contribution >= 4 is 21.8 Å². The van der Waals surface area contributed by atoms with Crippen LogP contribution in [0.1, 0.15) is 21.9 Å². The lowest BCUT2D eigenvalue weighted by atomic mass is 10.2. The summed E-state index contributed by atoms with van der Waals surface area (Å²) in [5.74, 6) is 0.496. The number of aryl methyl sites for hydroxylation is 1. The minimum Gasteiger partial charge on any atom is -0.346 e.